The lowest BCUT2D eigenvalue weighted by Crippen LogP contribution is -2.13. The molecular weight excluding hydrogens is 400 g/mol. The molecule has 0 radical (unpaired) electrons. The highest BCUT2D eigenvalue weighted by molar-refractivity contribution is 7.90. The number of aromatic nitrogens is 4. The van der Waals surface area contributed by atoms with Crippen molar-refractivity contribution in [2.24, 2.45) is 7.05 Å². The summed E-state index contributed by atoms with van der Waals surface area (Å²) in [5.74, 6) is 0.0257. The molecule has 0 amide bonds. The largest absolute Gasteiger partial charge is 0.392 e. The van der Waals surface area contributed by atoms with Gasteiger partial charge >= 0.3 is 0 Å². The molecule has 8 heteroatoms. The van der Waals surface area contributed by atoms with Crippen molar-refractivity contribution < 1.29 is 13.5 Å². The van der Waals surface area contributed by atoms with Gasteiger partial charge in [0.25, 0.3) is 10.0 Å². The molecule has 1 unspecified atom stereocenters. The Hall–Kier alpha value is -2.97. The Morgan fingerprint density at radius 2 is 1.90 bits per heavy atom. The fraction of sp³-hybridized carbons (Fsp3) is 0.273. The van der Waals surface area contributed by atoms with Crippen LogP contribution in [0, 0.1) is 0 Å². The number of nitrogens with zero attached hydrogens (tertiary/aromatic N) is 4. The minimum atomic E-state index is -3.81. The number of hydrogen-bond donors (Lipinski definition) is 1. The van der Waals surface area contributed by atoms with E-state index in [1.165, 1.54) is 3.97 Å². The van der Waals surface area contributed by atoms with E-state index in [1.54, 1.807) is 53.6 Å². The van der Waals surface area contributed by atoms with E-state index in [4.69, 9.17) is 0 Å². The molecule has 3 heterocycles. The first-order chi connectivity index (χ1) is 14.4. The molecule has 2 atom stereocenters. The molecule has 1 fully saturated rings. The van der Waals surface area contributed by atoms with Crippen molar-refractivity contribution in [1.29, 1.82) is 0 Å². The monoisotopic (exact) mass is 422 g/mol. The van der Waals surface area contributed by atoms with Crippen LogP contribution in [0.2, 0.25) is 0 Å². The summed E-state index contributed by atoms with van der Waals surface area (Å²) in [6.45, 7) is 0. The molecule has 1 aromatic carbocycles. The zero-order chi connectivity index (χ0) is 20.9. The molecule has 1 N–H and O–H groups in total. The summed E-state index contributed by atoms with van der Waals surface area (Å²) in [6, 6.07) is 10.3. The Bertz CT molecular complexity index is 1330. The molecule has 0 aliphatic heterocycles. The number of aliphatic hydroxyl groups excluding tert-OH is 1. The van der Waals surface area contributed by atoms with Gasteiger partial charge in [-0.1, -0.05) is 24.6 Å². The van der Waals surface area contributed by atoms with Crippen LogP contribution in [0.4, 0.5) is 0 Å². The Balaban J connectivity index is 1.74. The van der Waals surface area contributed by atoms with Gasteiger partial charge in [-0.3, -0.25) is 4.68 Å². The average molecular weight is 423 g/mol. The van der Waals surface area contributed by atoms with Crippen LogP contribution in [0.3, 0.4) is 0 Å². The van der Waals surface area contributed by atoms with E-state index >= 15 is 0 Å². The zero-order valence-corrected chi connectivity index (χ0v) is 17.3. The van der Waals surface area contributed by atoms with Crippen LogP contribution in [0.1, 0.15) is 30.7 Å². The maximum atomic E-state index is 13.4. The Morgan fingerprint density at radius 3 is 2.57 bits per heavy atom. The third kappa shape index (κ3) is 3.03. The smallest absolute Gasteiger partial charge is 0.269 e. The fourth-order valence-electron chi connectivity index (χ4n) is 4.31. The first kappa shape index (κ1) is 19.0. The summed E-state index contributed by atoms with van der Waals surface area (Å²) >= 11 is 0. The van der Waals surface area contributed by atoms with E-state index in [9.17, 15) is 13.5 Å². The summed E-state index contributed by atoms with van der Waals surface area (Å²) in [7, 11) is -1.99. The molecule has 5 rings (SSSR count). The van der Waals surface area contributed by atoms with Crippen LogP contribution in [0.15, 0.2) is 66.1 Å². The van der Waals surface area contributed by atoms with Crippen molar-refractivity contribution in [2.45, 2.75) is 36.2 Å². The predicted octanol–water partition coefficient (Wildman–Crippen LogP) is 3.30. The summed E-state index contributed by atoms with van der Waals surface area (Å²) < 4.78 is 29.6. The Kier molecular flexibility index (Phi) is 4.48. The molecule has 30 heavy (non-hydrogen) atoms. The SMILES string of the molecule is Cn1cc(-c2cn(S(=O)(=O)c3ccccc3)c3ncc(C4CCC[C@H]4O)cc23)cn1. The van der Waals surface area contributed by atoms with Crippen molar-refractivity contribution in [3.8, 4) is 11.1 Å². The highest BCUT2D eigenvalue weighted by Gasteiger charge is 2.29. The number of pyridine rings is 1. The molecule has 1 aliphatic carbocycles. The van der Waals surface area contributed by atoms with Gasteiger partial charge in [-0.25, -0.2) is 17.4 Å². The lowest BCUT2D eigenvalue weighted by molar-refractivity contribution is 0.164. The second-order valence-corrected chi connectivity index (χ2v) is 9.62. The van der Waals surface area contributed by atoms with Crippen molar-refractivity contribution in [1.82, 2.24) is 18.7 Å². The maximum Gasteiger partial charge on any atom is 0.269 e. The van der Waals surface area contributed by atoms with Crippen LogP contribution in [-0.2, 0) is 17.1 Å². The van der Waals surface area contributed by atoms with Crippen LogP contribution >= 0.6 is 0 Å². The first-order valence-corrected chi connectivity index (χ1v) is 11.4. The predicted molar refractivity (Wildman–Crippen MR) is 114 cm³/mol. The van der Waals surface area contributed by atoms with E-state index in [0.29, 0.717) is 5.65 Å². The van der Waals surface area contributed by atoms with Crippen molar-refractivity contribution in [3.63, 3.8) is 0 Å². The molecular formula is C22H22N4O3S. The quantitative estimate of drug-likeness (QED) is 0.545. The van der Waals surface area contributed by atoms with Gasteiger partial charge in [-0.2, -0.15) is 5.10 Å². The third-order valence-electron chi connectivity index (χ3n) is 5.86. The number of rotatable bonds is 4. The van der Waals surface area contributed by atoms with Gasteiger partial charge in [-0.15, -0.1) is 0 Å². The standard InChI is InChI=1S/C22H22N4O3S/c1-25-13-16(12-24-25)20-14-26(30(28,29)17-6-3-2-4-7-17)22-19(20)10-15(11-23-22)18-8-5-9-21(18)27/h2-4,6-7,10-14,18,21,27H,5,8-9H2,1H3/t18?,21-/m1/s1. The topological polar surface area (TPSA) is 90.0 Å². The second-order valence-electron chi connectivity index (χ2n) is 7.80. The first-order valence-electron chi connectivity index (χ1n) is 9.94. The molecule has 0 spiro atoms. The highest BCUT2D eigenvalue weighted by atomic mass is 32.2. The minimum absolute atomic E-state index is 0.0257. The molecule has 7 nitrogen and oxygen atoms in total. The van der Waals surface area contributed by atoms with Gasteiger partial charge < -0.3 is 5.11 Å². The summed E-state index contributed by atoms with van der Waals surface area (Å²) in [5, 5.41) is 15.3. The summed E-state index contributed by atoms with van der Waals surface area (Å²) in [4.78, 5) is 4.76. The van der Waals surface area contributed by atoms with Gasteiger partial charge in [-0.05, 0) is 36.6 Å². The third-order valence-corrected chi connectivity index (χ3v) is 7.52. The van der Waals surface area contributed by atoms with Crippen molar-refractivity contribution in [3.05, 3.63) is 66.7 Å². The fourth-order valence-corrected chi connectivity index (χ4v) is 5.65. The number of aryl methyl sites for hydroxylation is 1. The molecule has 4 aromatic rings. The zero-order valence-electron chi connectivity index (χ0n) is 16.5. The maximum absolute atomic E-state index is 13.4. The average Bonchev–Trinajstić information content (AvgIpc) is 3.46. The molecule has 154 valence electrons. The highest BCUT2D eigenvalue weighted by Crippen LogP contribution is 2.38. The van der Waals surface area contributed by atoms with E-state index in [1.807, 2.05) is 19.3 Å². The van der Waals surface area contributed by atoms with Crippen LogP contribution in [0.25, 0.3) is 22.2 Å². The van der Waals surface area contributed by atoms with E-state index in [0.717, 1.165) is 41.3 Å². The molecule has 3 aromatic heterocycles. The Morgan fingerprint density at radius 1 is 1.10 bits per heavy atom. The van der Waals surface area contributed by atoms with Gasteiger partial charge in [0.05, 0.1) is 17.2 Å². The molecule has 1 aliphatic rings. The molecule has 0 bridgehead atoms. The normalized spacial score (nSPS) is 19.5. The number of aliphatic hydroxyl groups is 1. The number of fused-ring (bicyclic) bond motifs is 1. The van der Waals surface area contributed by atoms with E-state index in [-0.39, 0.29) is 16.9 Å². The Labute approximate surface area is 174 Å². The molecule has 1 saturated carbocycles. The van der Waals surface area contributed by atoms with Gasteiger partial charge in [0.15, 0.2) is 5.65 Å². The van der Waals surface area contributed by atoms with Crippen molar-refractivity contribution >= 4 is 21.1 Å². The molecule has 0 saturated heterocycles. The lowest BCUT2D eigenvalue weighted by atomic mass is 9.96. The summed E-state index contributed by atoms with van der Waals surface area (Å²) in [6.07, 6.45) is 9.15. The van der Waals surface area contributed by atoms with E-state index in [2.05, 4.69) is 10.1 Å². The van der Waals surface area contributed by atoms with Crippen LogP contribution in [0.5, 0.6) is 0 Å². The van der Waals surface area contributed by atoms with Gasteiger partial charge in [0.2, 0.25) is 0 Å². The van der Waals surface area contributed by atoms with Crippen LogP contribution < -0.4 is 0 Å². The minimum Gasteiger partial charge on any atom is -0.392 e. The second kappa shape index (κ2) is 7.07. The van der Waals surface area contributed by atoms with Crippen molar-refractivity contribution in [2.75, 3.05) is 0 Å². The summed E-state index contributed by atoms with van der Waals surface area (Å²) in [5.41, 5.74) is 2.87. The van der Waals surface area contributed by atoms with E-state index < -0.39 is 10.0 Å². The van der Waals surface area contributed by atoms with Crippen LogP contribution in [-0.4, -0.2) is 38.4 Å². The van der Waals surface area contributed by atoms with Gasteiger partial charge in [0.1, 0.15) is 0 Å². The number of hydrogen-bond acceptors (Lipinski definition) is 5. The lowest BCUT2D eigenvalue weighted by Gasteiger charge is -2.14. The van der Waals surface area contributed by atoms with Gasteiger partial charge in [0, 0.05) is 48.1 Å². The number of benzene rings is 1.